The van der Waals surface area contributed by atoms with Gasteiger partial charge >= 0.3 is 0 Å². The van der Waals surface area contributed by atoms with E-state index in [1.807, 2.05) is 11.4 Å². The zero-order chi connectivity index (χ0) is 17.8. The molecule has 0 saturated carbocycles. The van der Waals surface area contributed by atoms with Crippen LogP contribution in [0.15, 0.2) is 45.3 Å². The van der Waals surface area contributed by atoms with Crippen LogP contribution in [0.3, 0.4) is 0 Å². The highest BCUT2D eigenvalue weighted by atomic mass is 32.1. The van der Waals surface area contributed by atoms with Gasteiger partial charge in [-0.2, -0.15) is 0 Å². The van der Waals surface area contributed by atoms with Crippen LogP contribution in [0.25, 0.3) is 26.9 Å². The number of thiophene rings is 1. The molecule has 0 N–H and O–H groups in total. The first kappa shape index (κ1) is 14.9. The van der Waals surface area contributed by atoms with E-state index in [4.69, 9.17) is 0 Å². The molecule has 5 aromatic rings. The molecule has 0 aliphatic heterocycles. The first-order chi connectivity index (χ1) is 12.6. The van der Waals surface area contributed by atoms with E-state index in [0.29, 0.717) is 27.2 Å². The lowest BCUT2D eigenvalue weighted by molar-refractivity contribution is 0.579. The number of rotatable bonds is 2. The van der Waals surface area contributed by atoms with E-state index in [1.165, 1.54) is 20.6 Å². The van der Waals surface area contributed by atoms with Gasteiger partial charge < -0.3 is 0 Å². The maximum Gasteiger partial charge on any atom is 0.278 e. The molecule has 0 aliphatic rings. The average Bonchev–Trinajstić information content (AvgIpc) is 3.29. The Morgan fingerprint density at radius 3 is 2.77 bits per heavy atom. The summed E-state index contributed by atoms with van der Waals surface area (Å²) in [6.45, 7) is 0.0982. The molecule has 4 aromatic heterocycles. The van der Waals surface area contributed by atoms with Crippen molar-refractivity contribution in [1.29, 1.82) is 0 Å². The number of hydrogen-bond acceptors (Lipinski definition) is 7. The van der Waals surface area contributed by atoms with Gasteiger partial charge in [0.05, 0.1) is 10.9 Å². The van der Waals surface area contributed by atoms with Crippen molar-refractivity contribution in [1.82, 2.24) is 34.2 Å². The van der Waals surface area contributed by atoms with E-state index >= 15 is 0 Å². The maximum absolute atomic E-state index is 12.7. The second-order valence-electron chi connectivity index (χ2n) is 5.82. The second kappa shape index (κ2) is 5.30. The fourth-order valence-corrected chi connectivity index (χ4v) is 3.87. The molecular weight excluding hydrogens is 354 g/mol. The topological polar surface area (TPSA) is 100.0 Å². The van der Waals surface area contributed by atoms with E-state index in [2.05, 4.69) is 20.5 Å². The lowest BCUT2D eigenvalue weighted by Crippen LogP contribution is -2.26. The molecule has 26 heavy (non-hydrogen) atoms. The Labute approximate surface area is 148 Å². The van der Waals surface area contributed by atoms with Crippen molar-refractivity contribution < 1.29 is 0 Å². The van der Waals surface area contributed by atoms with Gasteiger partial charge in [-0.15, -0.1) is 26.6 Å². The highest BCUT2D eigenvalue weighted by Crippen LogP contribution is 2.19. The van der Waals surface area contributed by atoms with Gasteiger partial charge in [0.25, 0.3) is 11.1 Å². The third kappa shape index (κ3) is 1.96. The van der Waals surface area contributed by atoms with Crippen LogP contribution in [0.5, 0.6) is 0 Å². The zero-order valence-corrected chi connectivity index (χ0v) is 14.3. The van der Waals surface area contributed by atoms with Crippen molar-refractivity contribution in [3.8, 4) is 0 Å². The minimum Gasteiger partial charge on any atom is -0.279 e. The Kier molecular flexibility index (Phi) is 3.04. The number of benzene rings is 1. The Morgan fingerprint density at radius 2 is 1.88 bits per heavy atom. The summed E-state index contributed by atoms with van der Waals surface area (Å²) in [5.74, 6) is 0.920. The molecule has 0 unspecified atom stereocenters. The standard InChI is InChI=1S/C16H11N7O2S/c1-21-15(25)13-11(6-7-26-13)23-12(18-19-16(21)23)8-22-14(24)9-4-2-3-5-10(9)17-20-22/h2-7H,8H2,1H3. The molecule has 0 amide bonds. The van der Waals surface area contributed by atoms with Gasteiger partial charge in [0.2, 0.25) is 5.78 Å². The molecule has 1 aromatic carbocycles. The third-order valence-electron chi connectivity index (χ3n) is 4.32. The van der Waals surface area contributed by atoms with Crippen LogP contribution in [0, 0.1) is 0 Å². The molecule has 0 bridgehead atoms. The van der Waals surface area contributed by atoms with Crippen LogP contribution < -0.4 is 11.1 Å². The summed E-state index contributed by atoms with van der Waals surface area (Å²) < 4.78 is 5.08. The minimum absolute atomic E-state index is 0.0982. The van der Waals surface area contributed by atoms with Crippen molar-refractivity contribution in [3.63, 3.8) is 0 Å². The fourth-order valence-electron chi connectivity index (χ4n) is 3.02. The summed E-state index contributed by atoms with van der Waals surface area (Å²) in [5.41, 5.74) is 0.889. The number of nitrogens with zero attached hydrogens (tertiary/aromatic N) is 7. The van der Waals surface area contributed by atoms with E-state index in [-0.39, 0.29) is 17.7 Å². The Hall–Kier alpha value is -3.40. The summed E-state index contributed by atoms with van der Waals surface area (Å²) >= 11 is 1.36. The zero-order valence-electron chi connectivity index (χ0n) is 13.5. The Bertz CT molecular complexity index is 1430. The van der Waals surface area contributed by atoms with Crippen LogP contribution in [0.4, 0.5) is 0 Å². The molecule has 0 spiro atoms. The fraction of sp³-hybridized carbons (Fsp3) is 0.125. The maximum atomic E-state index is 12.7. The quantitative estimate of drug-likeness (QED) is 0.459. The molecule has 10 heteroatoms. The Morgan fingerprint density at radius 1 is 1.04 bits per heavy atom. The van der Waals surface area contributed by atoms with Crippen molar-refractivity contribution in [2.24, 2.45) is 7.05 Å². The number of aromatic nitrogens is 7. The first-order valence-electron chi connectivity index (χ1n) is 7.78. The lowest BCUT2D eigenvalue weighted by atomic mass is 10.2. The summed E-state index contributed by atoms with van der Waals surface area (Å²) in [6.07, 6.45) is 0. The smallest absolute Gasteiger partial charge is 0.278 e. The van der Waals surface area contributed by atoms with E-state index in [1.54, 1.807) is 35.7 Å². The van der Waals surface area contributed by atoms with Crippen molar-refractivity contribution in [3.05, 3.63) is 62.2 Å². The second-order valence-corrected chi connectivity index (χ2v) is 6.74. The van der Waals surface area contributed by atoms with Gasteiger partial charge in [0.1, 0.15) is 16.8 Å². The predicted octanol–water partition coefficient (Wildman–Crippen LogP) is 0.796. The normalized spacial score (nSPS) is 11.7. The number of fused-ring (bicyclic) bond motifs is 4. The molecule has 0 atom stereocenters. The molecule has 128 valence electrons. The molecule has 0 saturated heterocycles. The molecule has 0 fully saturated rings. The third-order valence-corrected chi connectivity index (χ3v) is 5.21. The monoisotopic (exact) mass is 365 g/mol. The SMILES string of the molecule is Cn1c(=O)c2sccc2n2c(Cn3nnc4ccccc4c3=O)nnc12. The molecule has 9 nitrogen and oxygen atoms in total. The van der Waals surface area contributed by atoms with Gasteiger partial charge in [-0.25, -0.2) is 4.68 Å². The van der Waals surface area contributed by atoms with Crippen LogP contribution in [-0.2, 0) is 13.6 Å². The molecule has 5 rings (SSSR count). The highest BCUT2D eigenvalue weighted by Gasteiger charge is 2.17. The Balaban J connectivity index is 1.75. The highest BCUT2D eigenvalue weighted by molar-refractivity contribution is 7.17. The van der Waals surface area contributed by atoms with E-state index in [0.717, 1.165) is 5.52 Å². The summed E-state index contributed by atoms with van der Waals surface area (Å²) in [7, 11) is 1.65. The largest absolute Gasteiger partial charge is 0.279 e. The number of aryl methyl sites for hydroxylation is 1. The minimum atomic E-state index is -0.251. The van der Waals surface area contributed by atoms with Gasteiger partial charge in [0, 0.05) is 7.05 Å². The molecule has 0 aliphatic carbocycles. The molecular formula is C16H11N7O2S. The van der Waals surface area contributed by atoms with Crippen molar-refractivity contribution >= 4 is 38.2 Å². The molecule has 4 heterocycles. The summed E-state index contributed by atoms with van der Waals surface area (Å²) in [4.78, 5) is 25.1. The first-order valence-corrected chi connectivity index (χ1v) is 8.66. The van der Waals surface area contributed by atoms with E-state index < -0.39 is 0 Å². The summed E-state index contributed by atoms with van der Waals surface area (Å²) in [5, 5.41) is 18.7. The van der Waals surface area contributed by atoms with Crippen molar-refractivity contribution in [2.75, 3.05) is 0 Å². The summed E-state index contributed by atoms with van der Waals surface area (Å²) in [6, 6.07) is 8.89. The van der Waals surface area contributed by atoms with Gasteiger partial charge in [-0.05, 0) is 23.6 Å². The van der Waals surface area contributed by atoms with Gasteiger partial charge in [-0.3, -0.25) is 18.6 Å². The lowest BCUT2D eigenvalue weighted by Gasteiger charge is -2.06. The van der Waals surface area contributed by atoms with Crippen LogP contribution in [0.1, 0.15) is 5.82 Å². The van der Waals surface area contributed by atoms with Crippen molar-refractivity contribution in [2.45, 2.75) is 6.54 Å². The van der Waals surface area contributed by atoms with Crippen LogP contribution in [-0.4, -0.2) is 34.2 Å². The van der Waals surface area contributed by atoms with Crippen LogP contribution in [0.2, 0.25) is 0 Å². The van der Waals surface area contributed by atoms with Crippen LogP contribution >= 0.6 is 11.3 Å². The number of hydrogen-bond donors (Lipinski definition) is 0. The average molecular weight is 365 g/mol. The van der Waals surface area contributed by atoms with Gasteiger partial charge in [-0.1, -0.05) is 17.3 Å². The predicted molar refractivity (Wildman–Crippen MR) is 96.5 cm³/mol. The molecule has 0 radical (unpaired) electrons. The van der Waals surface area contributed by atoms with Gasteiger partial charge in [0.15, 0.2) is 5.82 Å². The van der Waals surface area contributed by atoms with E-state index in [9.17, 15) is 9.59 Å².